The van der Waals surface area contributed by atoms with E-state index in [1.807, 2.05) is 6.66 Å². The molecule has 0 aromatic heterocycles. The highest BCUT2D eigenvalue weighted by atomic mass is 31.0. The first-order valence-electron chi connectivity index (χ1n) is 3.53. The van der Waals surface area contributed by atoms with Gasteiger partial charge in [-0.15, -0.1) is 9.24 Å². The average Bonchev–Trinajstić information content (AvgIpc) is 2.40. The minimum absolute atomic E-state index is 1.05. The molecule has 1 heterocycles. The van der Waals surface area contributed by atoms with Crippen molar-refractivity contribution in [2.75, 3.05) is 26.9 Å². The van der Waals surface area contributed by atoms with Gasteiger partial charge in [-0.1, -0.05) is 6.66 Å². The van der Waals surface area contributed by atoms with Crippen molar-refractivity contribution >= 4 is 9.24 Å². The summed E-state index contributed by atoms with van der Waals surface area (Å²) < 4.78 is 0. The first-order valence-corrected chi connectivity index (χ1v) is 4.68. The summed E-state index contributed by atoms with van der Waals surface area (Å²) in [5.74, 6) is 0. The Morgan fingerprint density at radius 1 is 1.40 bits per heavy atom. The molecule has 0 N–H and O–H groups in total. The number of nitrogens with zero attached hydrogens (tertiary/aromatic N) is 2. The van der Waals surface area contributed by atoms with Crippen molar-refractivity contribution in [3.05, 3.63) is 12.4 Å². The predicted octanol–water partition coefficient (Wildman–Crippen LogP) is 1.17. The van der Waals surface area contributed by atoms with E-state index in [0.717, 1.165) is 13.2 Å². The average molecular weight is 160 g/mol. The van der Waals surface area contributed by atoms with Crippen molar-refractivity contribution in [3.63, 3.8) is 0 Å². The fourth-order valence-corrected chi connectivity index (χ4v) is 0.794. The summed E-state index contributed by atoms with van der Waals surface area (Å²) in [5, 5.41) is 0. The quantitative estimate of drug-likeness (QED) is 0.531. The maximum Gasteiger partial charge on any atom is 0.0890 e. The number of hydrogen-bond donors (Lipinski definition) is 0. The minimum atomic E-state index is 1.05. The number of rotatable bonds is 1. The van der Waals surface area contributed by atoms with Gasteiger partial charge in [0.2, 0.25) is 0 Å². The zero-order valence-corrected chi connectivity index (χ0v) is 8.20. The highest BCUT2D eigenvalue weighted by Gasteiger charge is 2.03. The van der Waals surface area contributed by atoms with E-state index in [1.165, 1.54) is 0 Å². The monoisotopic (exact) mass is 160 g/mol. The Balaban J connectivity index is 0.000000371. The summed E-state index contributed by atoms with van der Waals surface area (Å²) in [7, 11) is 4.49. The van der Waals surface area contributed by atoms with E-state index in [2.05, 4.69) is 45.4 Å². The lowest BCUT2D eigenvalue weighted by Crippen LogP contribution is -2.21. The molecule has 0 bridgehead atoms. The maximum absolute atomic E-state index is 2.42. The van der Waals surface area contributed by atoms with Gasteiger partial charge in [0.05, 0.1) is 6.67 Å². The lowest BCUT2D eigenvalue weighted by Gasteiger charge is -2.14. The summed E-state index contributed by atoms with van der Waals surface area (Å²) in [5.41, 5.74) is 0. The molecule has 0 aromatic rings. The van der Waals surface area contributed by atoms with Crippen LogP contribution in [0.5, 0.6) is 0 Å². The molecule has 0 amide bonds. The Morgan fingerprint density at radius 2 is 2.00 bits per heavy atom. The van der Waals surface area contributed by atoms with Crippen LogP contribution in [0.1, 0.15) is 6.92 Å². The lowest BCUT2D eigenvalue weighted by atomic mass is 10.6. The molecule has 0 saturated heterocycles. The molecule has 0 saturated carbocycles. The second-order valence-electron chi connectivity index (χ2n) is 2.10. The van der Waals surface area contributed by atoms with Gasteiger partial charge in [-0.25, -0.2) is 0 Å². The van der Waals surface area contributed by atoms with Crippen LogP contribution in [0.15, 0.2) is 12.4 Å². The first kappa shape index (κ1) is 9.77. The lowest BCUT2D eigenvalue weighted by molar-refractivity contribution is 0.308. The third-order valence-corrected chi connectivity index (χ3v) is 1.34. The second kappa shape index (κ2) is 5.55. The molecule has 3 heteroatoms. The van der Waals surface area contributed by atoms with Crippen LogP contribution >= 0.6 is 9.24 Å². The van der Waals surface area contributed by atoms with Gasteiger partial charge in [-0.2, -0.15) is 0 Å². The molecular formula is C7H17N2P. The highest BCUT2D eigenvalue weighted by Crippen LogP contribution is 2.00. The van der Waals surface area contributed by atoms with Gasteiger partial charge in [-0.05, 0) is 6.92 Å². The van der Waals surface area contributed by atoms with E-state index in [9.17, 15) is 0 Å². The normalized spacial score (nSPS) is 15.2. The molecule has 0 spiro atoms. The largest absolute Gasteiger partial charge is 0.362 e. The van der Waals surface area contributed by atoms with Crippen molar-refractivity contribution in [1.82, 2.24) is 9.80 Å². The van der Waals surface area contributed by atoms with Crippen LogP contribution in [-0.4, -0.2) is 36.7 Å². The van der Waals surface area contributed by atoms with Gasteiger partial charge in [0.1, 0.15) is 0 Å². The van der Waals surface area contributed by atoms with Gasteiger partial charge >= 0.3 is 0 Å². The van der Waals surface area contributed by atoms with Crippen LogP contribution in [0.2, 0.25) is 0 Å². The molecule has 0 aliphatic carbocycles. The summed E-state index contributed by atoms with van der Waals surface area (Å²) >= 11 is 0. The smallest absolute Gasteiger partial charge is 0.0890 e. The summed E-state index contributed by atoms with van der Waals surface area (Å²) in [4.78, 5) is 4.41. The molecule has 1 aliphatic heterocycles. The number of hydrogen-bond acceptors (Lipinski definition) is 2. The topological polar surface area (TPSA) is 6.48 Å². The van der Waals surface area contributed by atoms with Crippen LogP contribution in [0.4, 0.5) is 0 Å². The molecule has 0 radical (unpaired) electrons. The molecular weight excluding hydrogens is 143 g/mol. The van der Waals surface area contributed by atoms with Gasteiger partial charge in [0.25, 0.3) is 0 Å². The van der Waals surface area contributed by atoms with E-state index >= 15 is 0 Å². The molecule has 2 nitrogen and oxygen atoms in total. The van der Waals surface area contributed by atoms with Crippen molar-refractivity contribution in [2.45, 2.75) is 6.92 Å². The molecule has 60 valence electrons. The molecule has 1 aliphatic rings. The van der Waals surface area contributed by atoms with Crippen molar-refractivity contribution < 1.29 is 0 Å². The fraction of sp³-hybridized carbons (Fsp3) is 0.714. The third-order valence-electron chi connectivity index (χ3n) is 1.34. The van der Waals surface area contributed by atoms with Crippen LogP contribution in [-0.2, 0) is 0 Å². The standard InChI is InChI=1S/C6H12N2.CH5P/c1-3-8-5-4-7(2)6-8;1-2/h4-5H,3,6H2,1-2H3;2H2,1H3. The first-order chi connectivity index (χ1) is 4.83. The highest BCUT2D eigenvalue weighted by molar-refractivity contribution is 7.15. The molecule has 10 heavy (non-hydrogen) atoms. The van der Waals surface area contributed by atoms with E-state index < -0.39 is 0 Å². The Labute approximate surface area is 66.1 Å². The van der Waals surface area contributed by atoms with E-state index in [-0.39, 0.29) is 0 Å². The second-order valence-corrected chi connectivity index (χ2v) is 2.10. The summed E-state index contributed by atoms with van der Waals surface area (Å²) in [6.45, 7) is 6.24. The molecule has 1 unspecified atom stereocenters. The SMILES string of the molecule is CCN1C=CN(C)C1.CP. The van der Waals surface area contributed by atoms with Gasteiger partial charge in [-0.3, -0.25) is 0 Å². The molecule has 0 fully saturated rings. The van der Waals surface area contributed by atoms with Crippen LogP contribution < -0.4 is 0 Å². The predicted molar refractivity (Wildman–Crippen MR) is 49.8 cm³/mol. The van der Waals surface area contributed by atoms with E-state index in [1.54, 1.807) is 0 Å². The van der Waals surface area contributed by atoms with E-state index in [0.29, 0.717) is 0 Å². The van der Waals surface area contributed by atoms with Crippen LogP contribution in [0.3, 0.4) is 0 Å². The third kappa shape index (κ3) is 3.07. The Kier molecular flexibility index (Phi) is 5.42. The molecule has 0 aromatic carbocycles. The summed E-state index contributed by atoms with van der Waals surface area (Å²) in [6.07, 6.45) is 4.20. The van der Waals surface area contributed by atoms with Gasteiger partial charge in [0.15, 0.2) is 0 Å². The van der Waals surface area contributed by atoms with Crippen molar-refractivity contribution in [1.29, 1.82) is 0 Å². The van der Waals surface area contributed by atoms with E-state index in [4.69, 9.17) is 0 Å². The Morgan fingerprint density at radius 3 is 2.20 bits per heavy atom. The fourth-order valence-electron chi connectivity index (χ4n) is 0.794. The summed E-state index contributed by atoms with van der Waals surface area (Å²) in [6, 6.07) is 0. The van der Waals surface area contributed by atoms with Gasteiger partial charge < -0.3 is 9.80 Å². The van der Waals surface area contributed by atoms with Crippen LogP contribution in [0.25, 0.3) is 0 Å². The zero-order chi connectivity index (χ0) is 7.98. The van der Waals surface area contributed by atoms with Crippen molar-refractivity contribution in [3.8, 4) is 0 Å². The van der Waals surface area contributed by atoms with Crippen molar-refractivity contribution in [2.24, 2.45) is 0 Å². The molecule has 1 rings (SSSR count). The maximum atomic E-state index is 2.42. The Bertz CT molecular complexity index is 104. The van der Waals surface area contributed by atoms with Crippen LogP contribution in [0, 0.1) is 0 Å². The zero-order valence-electron chi connectivity index (χ0n) is 7.04. The Hall–Kier alpha value is -0.230. The van der Waals surface area contributed by atoms with Gasteiger partial charge in [0, 0.05) is 26.0 Å². The minimum Gasteiger partial charge on any atom is -0.362 e. The molecule has 1 atom stereocenters.